The van der Waals surface area contributed by atoms with E-state index in [1.165, 1.54) is 0 Å². The van der Waals surface area contributed by atoms with Crippen LogP contribution in [0.2, 0.25) is 0 Å². The number of nitrogens with one attached hydrogen (secondary N) is 2. The molecular formula is C20H23N9. The number of nitrogens with zero attached hydrogens (tertiary/aromatic N) is 7. The van der Waals surface area contributed by atoms with E-state index in [0.717, 1.165) is 47.7 Å². The van der Waals surface area contributed by atoms with Crippen LogP contribution in [-0.4, -0.2) is 56.5 Å². The molecule has 0 bridgehead atoms. The van der Waals surface area contributed by atoms with Gasteiger partial charge in [-0.15, -0.1) is 4.99 Å². The van der Waals surface area contributed by atoms with Crippen LogP contribution >= 0.6 is 0 Å². The molecule has 3 aromatic heterocycles. The number of piperazine rings is 1. The van der Waals surface area contributed by atoms with Crippen molar-refractivity contribution in [1.82, 2.24) is 30.2 Å². The molecule has 0 saturated carbocycles. The van der Waals surface area contributed by atoms with Gasteiger partial charge < -0.3 is 20.1 Å². The maximum Gasteiger partial charge on any atom is 0.210 e. The Morgan fingerprint density at radius 2 is 2.24 bits per heavy atom. The van der Waals surface area contributed by atoms with E-state index in [1.54, 1.807) is 12.5 Å². The SMILES string of the molecule is Cc1c[nH]c2ncnc(N3CCN(/C(=N/C#N)NCc4ccccn4)[C@@H](C)C3)c12. The number of H-pyrrole nitrogens is 1. The lowest BCUT2D eigenvalue weighted by Gasteiger charge is -2.41. The number of aromatic nitrogens is 4. The lowest BCUT2D eigenvalue weighted by atomic mass is 10.1. The van der Waals surface area contributed by atoms with Crippen LogP contribution in [0.5, 0.6) is 0 Å². The number of hydrogen-bond donors (Lipinski definition) is 2. The third-order valence-corrected chi connectivity index (χ3v) is 5.16. The summed E-state index contributed by atoms with van der Waals surface area (Å²) in [5.74, 6) is 1.52. The molecule has 1 saturated heterocycles. The molecule has 0 spiro atoms. The Bertz CT molecular complexity index is 1050. The van der Waals surface area contributed by atoms with E-state index in [9.17, 15) is 0 Å². The van der Waals surface area contributed by atoms with Crippen LogP contribution in [0.1, 0.15) is 18.2 Å². The van der Waals surface area contributed by atoms with Gasteiger partial charge in [0.2, 0.25) is 12.2 Å². The Balaban J connectivity index is 1.49. The van der Waals surface area contributed by atoms with Crippen molar-refractivity contribution in [2.45, 2.75) is 26.4 Å². The molecule has 0 unspecified atom stereocenters. The maximum absolute atomic E-state index is 9.16. The van der Waals surface area contributed by atoms with Gasteiger partial charge in [-0.2, -0.15) is 5.26 Å². The number of rotatable bonds is 3. The smallest absolute Gasteiger partial charge is 0.210 e. The van der Waals surface area contributed by atoms with Crippen molar-refractivity contribution in [3.05, 3.63) is 48.2 Å². The normalized spacial score (nSPS) is 17.4. The zero-order valence-electron chi connectivity index (χ0n) is 16.5. The van der Waals surface area contributed by atoms with Crippen molar-refractivity contribution < 1.29 is 0 Å². The minimum atomic E-state index is 0.149. The second-order valence-corrected chi connectivity index (χ2v) is 7.09. The van der Waals surface area contributed by atoms with E-state index in [0.29, 0.717) is 12.5 Å². The predicted molar refractivity (Wildman–Crippen MR) is 111 cm³/mol. The molecule has 1 aliphatic rings. The zero-order chi connectivity index (χ0) is 20.2. The van der Waals surface area contributed by atoms with Crippen LogP contribution < -0.4 is 10.2 Å². The van der Waals surface area contributed by atoms with E-state index in [4.69, 9.17) is 5.26 Å². The minimum Gasteiger partial charge on any atom is -0.352 e. The van der Waals surface area contributed by atoms with Crippen LogP contribution in [0.3, 0.4) is 0 Å². The molecule has 148 valence electrons. The lowest BCUT2D eigenvalue weighted by Crippen LogP contribution is -2.57. The Hall–Kier alpha value is -3.67. The molecule has 9 nitrogen and oxygen atoms in total. The van der Waals surface area contributed by atoms with E-state index < -0.39 is 0 Å². The molecule has 0 radical (unpaired) electrons. The molecule has 0 amide bonds. The fraction of sp³-hybridized carbons (Fsp3) is 0.350. The van der Waals surface area contributed by atoms with Crippen molar-refractivity contribution >= 4 is 22.8 Å². The van der Waals surface area contributed by atoms with E-state index in [2.05, 4.69) is 53.9 Å². The van der Waals surface area contributed by atoms with Gasteiger partial charge in [-0.25, -0.2) is 9.97 Å². The van der Waals surface area contributed by atoms with Gasteiger partial charge in [0.15, 0.2) is 0 Å². The number of pyridine rings is 1. The van der Waals surface area contributed by atoms with Gasteiger partial charge in [0.05, 0.1) is 17.6 Å². The third kappa shape index (κ3) is 3.82. The van der Waals surface area contributed by atoms with Crippen molar-refractivity contribution in [3.8, 4) is 6.19 Å². The van der Waals surface area contributed by atoms with Crippen molar-refractivity contribution in [1.29, 1.82) is 5.26 Å². The van der Waals surface area contributed by atoms with Gasteiger partial charge >= 0.3 is 0 Å². The molecule has 1 aliphatic heterocycles. The number of aliphatic imine (C=N–C) groups is 1. The number of aromatic amines is 1. The van der Waals surface area contributed by atoms with Gasteiger partial charge in [-0.05, 0) is 31.5 Å². The van der Waals surface area contributed by atoms with Gasteiger partial charge in [0, 0.05) is 38.1 Å². The van der Waals surface area contributed by atoms with Crippen LogP contribution in [-0.2, 0) is 6.54 Å². The summed E-state index contributed by atoms with van der Waals surface area (Å²) >= 11 is 0. The highest BCUT2D eigenvalue weighted by molar-refractivity contribution is 5.90. The summed E-state index contributed by atoms with van der Waals surface area (Å²) < 4.78 is 0. The first kappa shape index (κ1) is 18.7. The molecule has 1 fully saturated rings. The van der Waals surface area contributed by atoms with Crippen molar-refractivity contribution in [2.75, 3.05) is 24.5 Å². The van der Waals surface area contributed by atoms with Gasteiger partial charge in [0.1, 0.15) is 17.8 Å². The second-order valence-electron chi connectivity index (χ2n) is 7.09. The first-order valence-electron chi connectivity index (χ1n) is 9.58. The predicted octanol–water partition coefficient (Wildman–Crippen LogP) is 1.80. The van der Waals surface area contributed by atoms with Crippen LogP contribution in [0.15, 0.2) is 41.9 Å². The molecule has 9 heteroatoms. The molecule has 2 N–H and O–H groups in total. The third-order valence-electron chi connectivity index (χ3n) is 5.16. The van der Waals surface area contributed by atoms with Crippen LogP contribution in [0.25, 0.3) is 11.0 Å². The molecule has 3 aromatic rings. The van der Waals surface area contributed by atoms with E-state index in [-0.39, 0.29) is 6.04 Å². The lowest BCUT2D eigenvalue weighted by molar-refractivity contribution is 0.288. The van der Waals surface area contributed by atoms with Gasteiger partial charge in [-0.3, -0.25) is 4.98 Å². The highest BCUT2D eigenvalue weighted by Crippen LogP contribution is 2.27. The fourth-order valence-corrected chi connectivity index (χ4v) is 3.73. The van der Waals surface area contributed by atoms with E-state index >= 15 is 0 Å². The molecule has 0 aliphatic carbocycles. The first-order valence-corrected chi connectivity index (χ1v) is 9.58. The highest BCUT2D eigenvalue weighted by atomic mass is 15.4. The van der Waals surface area contributed by atoms with Crippen LogP contribution in [0, 0.1) is 18.4 Å². The fourth-order valence-electron chi connectivity index (χ4n) is 3.73. The molecule has 29 heavy (non-hydrogen) atoms. The van der Waals surface area contributed by atoms with Gasteiger partial charge in [-0.1, -0.05) is 6.07 Å². The number of fused-ring (bicyclic) bond motifs is 1. The molecular weight excluding hydrogens is 366 g/mol. The molecule has 4 rings (SSSR count). The van der Waals surface area contributed by atoms with Crippen molar-refractivity contribution in [3.63, 3.8) is 0 Å². The summed E-state index contributed by atoms with van der Waals surface area (Å²) in [4.78, 5) is 24.8. The average Bonchev–Trinajstić information content (AvgIpc) is 3.13. The van der Waals surface area contributed by atoms with Crippen LogP contribution in [0.4, 0.5) is 5.82 Å². The number of aryl methyl sites for hydroxylation is 1. The number of guanidine groups is 1. The first-order chi connectivity index (χ1) is 14.2. The van der Waals surface area contributed by atoms with Gasteiger partial charge in [0.25, 0.3) is 0 Å². The van der Waals surface area contributed by atoms with E-state index in [1.807, 2.05) is 30.6 Å². The Kier molecular flexibility index (Phi) is 5.24. The van der Waals surface area contributed by atoms with Crippen molar-refractivity contribution in [2.24, 2.45) is 4.99 Å². The zero-order valence-corrected chi connectivity index (χ0v) is 16.5. The summed E-state index contributed by atoms with van der Waals surface area (Å²) in [6, 6.07) is 5.91. The minimum absolute atomic E-state index is 0.149. The largest absolute Gasteiger partial charge is 0.352 e. The quantitative estimate of drug-likeness (QED) is 0.399. The summed E-state index contributed by atoms with van der Waals surface area (Å²) in [5, 5.41) is 13.5. The topological polar surface area (TPSA) is 109 Å². The summed E-state index contributed by atoms with van der Waals surface area (Å²) in [6.45, 7) is 6.98. The Morgan fingerprint density at radius 3 is 3.00 bits per heavy atom. The second kappa shape index (κ2) is 8.14. The summed E-state index contributed by atoms with van der Waals surface area (Å²) in [6.07, 6.45) is 7.23. The maximum atomic E-state index is 9.16. The Labute approximate surface area is 169 Å². The molecule has 1 atom stereocenters. The molecule has 0 aromatic carbocycles. The number of hydrogen-bond acceptors (Lipinski definition) is 6. The molecule has 4 heterocycles. The highest BCUT2D eigenvalue weighted by Gasteiger charge is 2.28. The Morgan fingerprint density at radius 1 is 1.34 bits per heavy atom. The number of anilines is 1. The average molecular weight is 389 g/mol. The monoisotopic (exact) mass is 389 g/mol. The summed E-state index contributed by atoms with van der Waals surface area (Å²) in [5.41, 5.74) is 2.89. The summed E-state index contributed by atoms with van der Waals surface area (Å²) in [7, 11) is 0. The number of nitriles is 1. The standard InChI is InChI=1S/C20H23N9/c1-14-9-23-18-17(14)19(27-13-26-18)28-7-8-29(15(2)11-28)20(25-12-21)24-10-16-5-3-4-6-22-16/h3-6,9,13,15H,7-8,10-11H2,1-2H3,(H,24,25)(H,23,26,27)/t15-/m0/s1.